The standard InChI is InChI=1S/C12H7ClN2OS/c13-9-3-1-8(2-4-9)11-10(5-6-17-11)12-15-14-7-16-12/h1-7H. The molecule has 0 saturated heterocycles. The van der Waals surface area contributed by atoms with E-state index < -0.39 is 0 Å². The molecule has 0 atom stereocenters. The number of nitrogens with zero attached hydrogens (tertiary/aromatic N) is 2. The molecule has 84 valence electrons. The number of aromatic nitrogens is 2. The Morgan fingerprint density at radius 2 is 1.94 bits per heavy atom. The van der Waals surface area contributed by atoms with E-state index in [1.807, 2.05) is 35.7 Å². The first-order valence-corrected chi connectivity index (χ1v) is 6.20. The second-order valence-electron chi connectivity index (χ2n) is 3.41. The van der Waals surface area contributed by atoms with Crippen LogP contribution in [0.4, 0.5) is 0 Å². The van der Waals surface area contributed by atoms with E-state index in [2.05, 4.69) is 10.2 Å². The predicted octanol–water partition coefficient (Wildman–Crippen LogP) is 4.12. The van der Waals surface area contributed by atoms with Crippen LogP contribution in [-0.2, 0) is 0 Å². The van der Waals surface area contributed by atoms with E-state index in [0.29, 0.717) is 5.89 Å². The second kappa shape index (κ2) is 4.31. The molecule has 0 amide bonds. The van der Waals surface area contributed by atoms with E-state index in [-0.39, 0.29) is 0 Å². The molecular formula is C12H7ClN2OS. The third kappa shape index (κ3) is 1.97. The Morgan fingerprint density at radius 3 is 2.65 bits per heavy atom. The van der Waals surface area contributed by atoms with Crippen molar-refractivity contribution in [3.63, 3.8) is 0 Å². The van der Waals surface area contributed by atoms with Crippen LogP contribution in [0.1, 0.15) is 0 Å². The third-order valence-corrected chi connectivity index (χ3v) is 3.58. The molecule has 17 heavy (non-hydrogen) atoms. The Labute approximate surface area is 107 Å². The van der Waals surface area contributed by atoms with Crippen LogP contribution in [-0.4, -0.2) is 10.2 Å². The van der Waals surface area contributed by atoms with Crippen LogP contribution in [0.3, 0.4) is 0 Å². The highest BCUT2D eigenvalue weighted by Crippen LogP contribution is 2.36. The van der Waals surface area contributed by atoms with E-state index >= 15 is 0 Å². The summed E-state index contributed by atoms with van der Waals surface area (Å²) in [5, 5.41) is 10.4. The number of halogens is 1. The SMILES string of the molecule is Clc1ccc(-c2sccc2-c2nnco2)cc1. The zero-order valence-corrected chi connectivity index (χ0v) is 10.2. The van der Waals surface area contributed by atoms with Crippen molar-refractivity contribution >= 4 is 22.9 Å². The number of hydrogen-bond acceptors (Lipinski definition) is 4. The van der Waals surface area contributed by atoms with Gasteiger partial charge in [0.05, 0.1) is 5.56 Å². The summed E-state index contributed by atoms with van der Waals surface area (Å²) >= 11 is 7.51. The lowest BCUT2D eigenvalue weighted by Crippen LogP contribution is -1.79. The fourth-order valence-electron chi connectivity index (χ4n) is 1.59. The smallest absolute Gasteiger partial charge is 0.248 e. The van der Waals surface area contributed by atoms with Gasteiger partial charge in [-0.25, -0.2) is 0 Å². The highest BCUT2D eigenvalue weighted by Gasteiger charge is 2.12. The number of benzene rings is 1. The van der Waals surface area contributed by atoms with Gasteiger partial charge in [0.15, 0.2) is 0 Å². The normalized spacial score (nSPS) is 10.6. The van der Waals surface area contributed by atoms with Gasteiger partial charge in [-0.2, -0.15) is 0 Å². The summed E-state index contributed by atoms with van der Waals surface area (Å²) in [5.41, 5.74) is 2.05. The molecule has 0 radical (unpaired) electrons. The fraction of sp³-hybridized carbons (Fsp3) is 0. The minimum absolute atomic E-state index is 0.538. The molecule has 0 bridgehead atoms. The van der Waals surface area contributed by atoms with Gasteiger partial charge >= 0.3 is 0 Å². The Morgan fingerprint density at radius 1 is 1.12 bits per heavy atom. The molecular weight excluding hydrogens is 256 g/mol. The first-order chi connectivity index (χ1) is 8.34. The molecule has 0 N–H and O–H groups in total. The molecule has 0 saturated carbocycles. The maximum Gasteiger partial charge on any atom is 0.248 e. The van der Waals surface area contributed by atoms with E-state index in [0.717, 1.165) is 21.0 Å². The van der Waals surface area contributed by atoms with Crippen LogP contribution in [0.25, 0.3) is 21.9 Å². The van der Waals surface area contributed by atoms with Gasteiger partial charge in [0.25, 0.3) is 0 Å². The van der Waals surface area contributed by atoms with Gasteiger partial charge in [-0.15, -0.1) is 21.5 Å². The van der Waals surface area contributed by atoms with Crippen molar-refractivity contribution in [3.05, 3.63) is 47.1 Å². The molecule has 5 heteroatoms. The molecule has 1 aromatic carbocycles. The van der Waals surface area contributed by atoms with Gasteiger partial charge in [0.2, 0.25) is 12.3 Å². The van der Waals surface area contributed by atoms with Crippen molar-refractivity contribution in [2.45, 2.75) is 0 Å². The number of thiophene rings is 1. The van der Waals surface area contributed by atoms with Crippen molar-refractivity contribution in [1.29, 1.82) is 0 Å². The Bertz CT molecular complexity index is 616. The predicted molar refractivity (Wildman–Crippen MR) is 68.1 cm³/mol. The van der Waals surface area contributed by atoms with E-state index in [4.69, 9.17) is 16.0 Å². The summed E-state index contributed by atoms with van der Waals surface area (Å²) in [5.74, 6) is 0.538. The molecule has 0 aliphatic heterocycles. The number of hydrogen-bond donors (Lipinski definition) is 0. The molecule has 0 fully saturated rings. The molecule has 3 aromatic rings. The van der Waals surface area contributed by atoms with Gasteiger partial charge in [0, 0.05) is 9.90 Å². The van der Waals surface area contributed by atoms with E-state index in [1.165, 1.54) is 6.39 Å². The summed E-state index contributed by atoms with van der Waals surface area (Å²) in [7, 11) is 0. The molecule has 3 nitrogen and oxygen atoms in total. The molecule has 2 aromatic heterocycles. The first kappa shape index (κ1) is 10.5. The van der Waals surface area contributed by atoms with Crippen molar-refractivity contribution in [2.24, 2.45) is 0 Å². The Balaban J connectivity index is 2.10. The minimum Gasteiger partial charge on any atom is -0.423 e. The van der Waals surface area contributed by atoms with Crippen molar-refractivity contribution < 1.29 is 4.42 Å². The lowest BCUT2D eigenvalue weighted by Gasteiger charge is -2.00. The monoisotopic (exact) mass is 262 g/mol. The summed E-state index contributed by atoms with van der Waals surface area (Å²) < 4.78 is 5.22. The van der Waals surface area contributed by atoms with E-state index in [9.17, 15) is 0 Å². The highest BCUT2D eigenvalue weighted by atomic mass is 35.5. The largest absolute Gasteiger partial charge is 0.423 e. The quantitative estimate of drug-likeness (QED) is 0.697. The Kier molecular flexibility index (Phi) is 2.66. The zero-order chi connectivity index (χ0) is 11.7. The summed E-state index contributed by atoms with van der Waals surface area (Å²) in [6, 6.07) is 9.67. The average Bonchev–Trinajstić information content (AvgIpc) is 3.00. The van der Waals surface area contributed by atoms with Crippen LogP contribution >= 0.6 is 22.9 Å². The summed E-state index contributed by atoms with van der Waals surface area (Å²) in [6.45, 7) is 0. The van der Waals surface area contributed by atoms with Crippen LogP contribution in [0, 0.1) is 0 Å². The van der Waals surface area contributed by atoms with Crippen molar-refractivity contribution in [1.82, 2.24) is 10.2 Å². The molecule has 2 heterocycles. The van der Waals surface area contributed by atoms with Gasteiger partial charge in [0.1, 0.15) is 0 Å². The highest BCUT2D eigenvalue weighted by molar-refractivity contribution is 7.14. The fourth-order valence-corrected chi connectivity index (χ4v) is 2.61. The lowest BCUT2D eigenvalue weighted by atomic mass is 10.1. The van der Waals surface area contributed by atoms with Gasteiger partial charge < -0.3 is 4.42 Å². The maximum absolute atomic E-state index is 5.87. The minimum atomic E-state index is 0.538. The average molecular weight is 263 g/mol. The molecule has 3 rings (SSSR count). The summed E-state index contributed by atoms with van der Waals surface area (Å²) in [6.07, 6.45) is 1.33. The van der Waals surface area contributed by atoms with Crippen molar-refractivity contribution in [2.75, 3.05) is 0 Å². The van der Waals surface area contributed by atoms with Crippen LogP contribution in [0.15, 0.2) is 46.5 Å². The van der Waals surface area contributed by atoms with Gasteiger partial charge in [-0.3, -0.25) is 0 Å². The lowest BCUT2D eigenvalue weighted by molar-refractivity contribution is 0.569. The van der Waals surface area contributed by atoms with Crippen LogP contribution < -0.4 is 0 Å². The van der Waals surface area contributed by atoms with Gasteiger partial charge in [-0.1, -0.05) is 23.7 Å². The Hall–Kier alpha value is -1.65. The van der Waals surface area contributed by atoms with Gasteiger partial charge in [-0.05, 0) is 29.1 Å². The topological polar surface area (TPSA) is 38.9 Å². The molecule has 0 spiro atoms. The second-order valence-corrected chi connectivity index (χ2v) is 4.77. The maximum atomic E-state index is 5.87. The third-order valence-electron chi connectivity index (χ3n) is 2.36. The summed E-state index contributed by atoms with van der Waals surface area (Å²) in [4.78, 5) is 1.10. The zero-order valence-electron chi connectivity index (χ0n) is 8.63. The molecule has 0 aliphatic carbocycles. The van der Waals surface area contributed by atoms with Crippen LogP contribution in [0.5, 0.6) is 0 Å². The van der Waals surface area contributed by atoms with Crippen LogP contribution in [0.2, 0.25) is 5.02 Å². The molecule has 0 unspecified atom stereocenters. The number of rotatable bonds is 2. The van der Waals surface area contributed by atoms with Crippen molar-refractivity contribution in [3.8, 4) is 21.9 Å². The van der Waals surface area contributed by atoms with E-state index in [1.54, 1.807) is 11.3 Å². The first-order valence-electron chi connectivity index (χ1n) is 4.94. The molecule has 0 aliphatic rings.